The molecule has 0 fully saturated rings. The highest BCUT2D eigenvalue weighted by molar-refractivity contribution is 6.34. The summed E-state index contributed by atoms with van der Waals surface area (Å²) in [7, 11) is 0. The van der Waals surface area contributed by atoms with E-state index in [-0.39, 0.29) is 29.6 Å². The van der Waals surface area contributed by atoms with Gasteiger partial charge in [-0.1, -0.05) is 29.8 Å². The first-order valence-corrected chi connectivity index (χ1v) is 12.1. The zero-order valence-corrected chi connectivity index (χ0v) is 21.6. The van der Waals surface area contributed by atoms with Crippen LogP contribution in [0.1, 0.15) is 29.8 Å². The number of nitrogens with zero attached hydrogens (tertiary/aromatic N) is 2. The van der Waals surface area contributed by atoms with Crippen molar-refractivity contribution >= 4 is 40.0 Å². The van der Waals surface area contributed by atoms with Crippen LogP contribution in [0.5, 0.6) is 5.75 Å². The van der Waals surface area contributed by atoms with Crippen molar-refractivity contribution in [2.45, 2.75) is 26.8 Å². The van der Waals surface area contributed by atoms with Gasteiger partial charge in [0, 0.05) is 18.0 Å². The van der Waals surface area contributed by atoms with Crippen LogP contribution >= 0.6 is 11.6 Å². The van der Waals surface area contributed by atoms with Crippen molar-refractivity contribution < 1.29 is 32.6 Å². The number of hydrogen-bond donors (Lipinski definition) is 3. The van der Waals surface area contributed by atoms with Crippen LogP contribution in [0.4, 0.5) is 18.9 Å². The molecule has 0 aliphatic carbocycles. The van der Waals surface area contributed by atoms with Gasteiger partial charge in [-0.15, -0.1) is 13.2 Å². The van der Waals surface area contributed by atoms with Crippen molar-refractivity contribution in [3.63, 3.8) is 0 Å². The molecule has 0 bridgehead atoms. The minimum atomic E-state index is -4.83. The van der Waals surface area contributed by atoms with E-state index in [1.165, 1.54) is 29.1 Å². The Kier molecular flexibility index (Phi) is 7.84. The molecule has 4 rings (SSSR count). The largest absolute Gasteiger partial charge is 0.573 e. The fourth-order valence-corrected chi connectivity index (χ4v) is 3.92. The van der Waals surface area contributed by atoms with E-state index in [9.17, 15) is 27.9 Å². The fraction of sp³-hybridized carbons (Fsp3) is 0.222. The zero-order chi connectivity index (χ0) is 28.4. The normalized spacial score (nSPS) is 11.9. The molecule has 3 N–H and O–H groups in total. The minimum Gasteiger partial charge on any atom is -0.406 e. The van der Waals surface area contributed by atoms with Gasteiger partial charge < -0.3 is 20.5 Å². The molecule has 3 aromatic carbocycles. The summed E-state index contributed by atoms with van der Waals surface area (Å²) in [5.74, 6) is -1.24. The minimum absolute atomic E-state index is 0.124. The lowest BCUT2D eigenvalue weighted by Crippen LogP contribution is -2.38. The van der Waals surface area contributed by atoms with Gasteiger partial charge in [-0.2, -0.15) is 5.10 Å². The molecule has 0 aliphatic rings. The fourth-order valence-electron chi connectivity index (χ4n) is 3.72. The number of hydrogen-bond acceptors (Lipinski definition) is 5. The summed E-state index contributed by atoms with van der Waals surface area (Å²) in [4.78, 5) is 25.4. The Morgan fingerprint density at radius 2 is 1.82 bits per heavy atom. The van der Waals surface area contributed by atoms with E-state index in [4.69, 9.17) is 11.6 Å². The maximum atomic E-state index is 13.2. The Hall–Kier alpha value is -4.09. The Morgan fingerprint density at radius 1 is 1.08 bits per heavy atom. The lowest BCUT2D eigenvalue weighted by Gasteiger charge is -2.20. The first-order valence-electron chi connectivity index (χ1n) is 11.7. The van der Waals surface area contributed by atoms with Crippen molar-refractivity contribution in [1.29, 1.82) is 0 Å². The van der Waals surface area contributed by atoms with Crippen molar-refractivity contribution in [3.8, 4) is 11.4 Å². The third-order valence-corrected chi connectivity index (χ3v) is 6.23. The second-order valence-electron chi connectivity index (χ2n) is 9.33. The average Bonchev–Trinajstić information content (AvgIpc) is 3.32. The molecule has 0 saturated heterocycles. The number of amides is 2. The lowest BCUT2D eigenvalue weighted by atomic mass is 9.93. The number of halogens is 4. The topological polar surface area (TPSA) is 105 Å². The van der Waals surface area contributed by atoms with Crippen LogP contribution in [0.3, 0.4) is 0 Å². The van der Waals surface area contributed by atoms with E-state index in [0.29, 0.717) is 27.8 Å². The molecule has 4 aromatic rings. The summed E-state index contributed by atoms with van der Waals surface area (Å²) >= 11 is 6.29. The Bertz CT molecular complexity index is 1540. The molecule has 0 atom stereocenters. The summed E-state index contributed by atoms with van der Waals surface area (Å²) in [5.41, 5.74) is 1.11. The van der Waals surface area contributed by atoms with Gasteiger partial charge in [-0.25, -0.2) is 4.68 Å². The van der Waals surface area contributed by atoms with E-state index >= 15 is 0 Å². The van der Waals surface area contributed by atoms with E-state index in [1.54, 1.807) is 56.3 Å². The molecule has 39 heavy (non-hydrogen) atoms. The van der Waals surface area contributed by atoms with Crippen LogP contribution in [0.25, 0.3) is 16.6 Å². The summed E-state index contributed by atoms with van der Waals surface area (Å²) in [6.45, 7) is 3.03. The summed E-state index contributed by atoms with van der Waals surface area (Å²) in [5, 5.41) is 19.9. The van der Waals surface area contributed by atoms with Crippen LogP contribution in [-0.4, -0.2) is 39.7 Å². The Balaban J connectivity index is 1.56. The number of aliphatic hydroxyl groups is 1. The number of carbonyl (C=O) groups excluding carboxylic acids is 2. The summed E-state index contributed by atoms with van der Waals surface area (Å²) < 4.78 is 43.4. The Morgan fingerprint density at radius 3 is 2.54 bits per heavy atom. The van der Waals surface area contributed by atoms with Crippen LogP contribution in [-0.2, 0) is 11.3 Å². The van der Waals surface area contributed by atoms with Crippen LogP contribution in [0.15, 0.2) is 66.9 Å². The molecule has 0 radical (unpaired) electrons. The monoisotopic (exact) mass is 560 g/mol. The third kappa shape index (κ3) is 6.50. The molecule has 12 heteroatoms. The van der Waals surface area contributed by atoms with E-state index < -0.39 is 23.4 Å². The highest BCUT2D eigenvalue weighted by Gasteiger charge is 2.31. The van der Waals surface area contributed by atoms with Gasteiger partial charge in [-0.3, -0.25) is 9.59 Å². The number of fused-ring (bicyclic) bond motifs is 1. The third-order valence-electron chi connectivity index (χ3n) is 5.90. The predicted octanol–water partition coefficient (Wildman–Crippen LogP) is 5.46. The first-order chi connectivity index (χ1) is 18.4. The van der Waals surface area contributed by atoms with Gasteiger partial charge in [-0.05, 0) is 55.8 Å². The standard InChI is InChI=1S/C27H24ClF3N4O4/c1-26(2,15-36)25(38)32-13-16-9-10-21(28)19(11-16)24(37)34-22-7-4-8-23-20(22)14-33-35(23)17-5-3-6-18(12-17)39-27(29,30)31/h3-12,14,36H,13,15H2,1-2H3,(H,32,38)(H,34,37). The van der Waals surface area contributed by atoms with Crippen molar-refractivity contribution in [2.24, 2.45) is 5.41 Å². The number of benzene rings is 3. The molecule has 1 heterocycles. The maximum Gasteiger partial charge on any atom is 0.573 e. The van der Waals surface area contributed by atoms with E-state index in [2.05, 4.69) is 20.5 Å². The number of aromatic nitrogens is 2. The number of alkyl halides is 3. The van der Waals surface area contributed by atoms with E-state index in [0.717, 1.165) is 0 Å². The summed E-state index contributed by atoms with van der Waals surface area (Å²) in [6, 6.07) is 15.2. The van der Waals surface area contributed by atoms with Gasteiger partial charge in [0.1, 0.15) is 5.75 Å². The van der Waals surface area contributed by atoms with Crippen molar-refractivity contribution in [3.05, 3.63) is 83.0 Å². The zero-order valence-electron chi connectivity index (χ0n) is 20.8. The highest BCUT2D eigenvalue weighted by atomic mass is 35.5. The molecule has 0 saturated carbocycles. The number of carbonyl (C=O) groups is 2. The quantitative estimate of drug-likeness (QED) is 0.265. The van der Waals surface area contributed by atoms with E-state index in [1.807, 2.05) is 0 Å². The molecule has 2 amide bonds. The maximum absolute atomic E-state index is 13.2. The number of anilines is 1. The second kappa shape index (κ2) is 11.0. The second-order valence-corrected chi connectivity index (χ2v) is 9.74. The molecular formula is C27H24ClF3N4O4. The van der Waals surface area contributed by atoms with Crippen LogP contribution in [0.2, 0.25) is 5.02 Å². The SMILES string of the molecule is CC(C)(CO)C(=O)NCc1ccc(Cl)c(C(=O)Nc2cccc3c2cnn3-c2cccc(OC(F)(F)F)c2)c1. The van der Waals surface area contributed by atoms with Gasteiger partial charge in [0.2, 0.25) is 5.91 Å². The number of rotatable bonds is 8. The van der Waals surface area contributed by atoms with Gasteiger partial charge in [0.25, 0.3) is 5.91 Å². The summed E-state index contributed by atoms with van der Waals surface area (Å²) in [6.07, 6.45) is -3.35. The first kappa shape index (κ1) is 27.9. The van der Waals surface area contributed by atoms with Gasteiger partial charge in [0.05, 0.1) is 45.7 Å². The average molecular weight is 561 g/mol. The number of ether oxygens (including phenoxy) is 1. The lowest BCUT2D eigenvalue weighted by molar-refractivity contribution is -0.274. The van der Waals surface area contributed by atoms with Crippen molar-refractivity contribution in [1.82, 2.24) is 15.1 Å². The number of aliphatic hydroxyl groups excluding tert-OH is 1. The van der Waals surface area contributed by atoms with Crippen LogP contribution in [0, 0.1) is 5.41 Å². The molecule has 204 valence electrons. The molecular weight excluding hydrogens is 537 g/mol. The van der Waals surface area contributed by atoms with Crippen LogP contribution < -0.4 is 15.4 Å². The number of nitrogens with one attached hydrogen (secondary N) is 2. The Labute approximate surface area is 226 Å². The predicted molar refractivity (Wildman–Crippen MR) is 140 cm³/mol. The van der Waals surface area contributed by atoms with Crippen molar-refractivity contribution in [2.75, 3.05) is 11.9 Å². The smallest absolute Gasteiger partial charge is 0.406 e. The van der Waals surface area contributed by atoms with Gasteiger partial charge >= 0.3 is 6.36 Å². The molecule has 8 nitrogen and oxygen atoms in total. The molecule has 0 aliphatic heterocycles. The molecule has 0 unspecified atom stereocenters. The highest BCUT2D eigenvalue weighted by Crippen LogP contribution is 2.29. The molecule has 1 aromatic heterocycles. The van der Waals surface area contributed by atoms with Gasteiger partial charge in [0.15, 0.2) is 0 Å². The molecule has 0 spiro atoms.